The van der Waals surface area contributed by atoms with Gasteiger partial charge in [0.2, 0.25) is 0 Å². The van der Waals surface area contributed by atoms with Crippen molar-refractivity contribution in [2.24, 2.45) is 0 Å². The summed E-state index contributed by atoms with van der Waals surface area (Å²) in [5, 5.41) is 4.82. The van der Waals surface area contributed by atoms with Crippen molar-refractivity contribution in [2.75, 3.05) is 5.73 Å². The molecule has 4 rings (SSSR count). The largest absolute Gasteiger partial charge is 0.382 e. The van der Waals surface area contributed by atoms with Crippen LogP contribution in [0.3, 0.4) is 0 Å². The monoisotopic (exact) mass is 294 g/mol. The third kappa shape index (κ3) is 1.93. The molecule has 0 aromatic carbocycles. The Morgan fingerprint density at radius 3 is 2.77 bits per heavy atom. The van der Waals surface area contributed by atoms with Gasteiger partial charge in [-0.05, 0) is 31.9 Å². The predicted molar refractivity (Wildman–Crippen MR) is 80.4 cm³/mol. The number of aryl methyl sites for hydroxylation is 1. The number of anilines is 1. The normalized spacial score (nSPS) is 14.4. The van der Waals surface area contributed by atoms with Crippen molar-refractivity contribution >= 4 is 22.8 Å². The lowest BCUT2D eigenvalue weighted by molar-refractivity contribution is 0.0944. The first-order valence-corrected chi connectivity index (χ1v) is 7.12. The van der Waals surface area contributed by atoms with Crippen LogP contribution in [-0.4, -0.2) is 30.6 Å². The van der Waals surface area contributed by atoms with Crippen molar-refractivity contribution in [3.8, 4) is 0 Å². The number of carbonyl (C=O) groups is 1. The number of nitrogen functional groups attached to an aromatic ring is 1. The minimum Gasteiger partial charge on any atom is -0.382 e. The number of fused-ring (bicyclic) bond motifs is 1. The summed E-state index contributed by atoms with van der Waals surface area (Å²) in [5.41, 5.74) is 8.18. The quantitative estimate of drug-likeness (QED) is 0.772. The SMILES string of the molecule is Cc1nccnc1C(=O)n1nc(N)c2ccc(C3CC3)nc21. The number of nitrogens with two attached hydrogens (primary N) is 1. The van der Waals surface area contributed by atoms with Crippen LogP contribution in [0.4, 0.5) is 5.82 Å². The van der Waals surface area contributed by atoms with Crippen LogP contribution in [0, 0.1) is 6.92 Å². The van der Waals surface area contributed by atoms with Crippen LogP contribution in [0.25, 0.3) is 11.0 Å². The topological polar surface area (TPSA) is 99.6 Å². The smallest absolute Gasteiger partial charge is 0.300 e. The molecule has 22 heavy (non-hydrogen) atoms. The fourth-order valence-electron chi connectivity index (χ4n) is 2.50. The van der Waals surface area contributed by atoms with Crippen LogP contribution in [-0.2, 0) is 0 Å². The first-order chi connectivity index (χ1) is 10.6. The Balaban J connectivity index is 1.89. The van der Waals surface area contributed by atoms with Gasteiger partial charge >= 0.3 is 5.91 Å². The van der Waals surface area contributed by atoms with E-state index in [2.05, 4.69) is 20.1 Å². The summed E-state index contributed by atoms with van der Waals surface area (Å²) in [6, 6.07) is 3.84. The van der Waals surface area contributed by atoms with Gasteiger partial charge in [-0.2, -0.15) is 4.68 Å². The molecule has 7 heteroatoms. The maximum Gasteiger partial charge on any atom is 0.300 e. The summed E-state index contributed by atoms with van der Waals surface area (Å²) < 4.78 is 1.23. The van der Waals surface area contributed by atoms with Gasteiger partial charge in [0, 0.05) is 24.0 Å². The first kappa shape index (κ1) is 12.9. The number of pyridine rings is 1. The van der Waals surface area contributed by atoms with Gasteiger partial charge in [-0.3, -0.25) is 9.78 Å². The van der Waals surface area contributed by atoms with Gasteiger partial charge in [-0.25, -0.2) is 9.97 Å². The highest BCUT2D eigenvalue weighted by Gasteiger charge is 2.27. The van der Waals surface area contributed by atoms with Crippen LogP contribution in [0.15, 0.2) is 24.5 Å². The van der Waals surface area contributed by atoms with Crippen LogP contribution in [0.2, 0.25) is 0 Å². The molecule has 7 nitrogen and oxygen atoms in total. The van der Waals surface area contributed by atoms with Crippen molar-refractivity contribution in [3.05, 3.63) is 41.6 Å². The Hall–Kier alpha value is -2.83. The van der Waals surface area contributed by atoms with E-state index in [1.165, 1.54) is 10.9 Å². The van der Waals surface area contributed by atoms with Crippen LogP contribution < -0.4 is 5.73 Å². The van der Waals surface area contributed by atoms with E-state index in [0.717, 1.165) is 18.5 Å². The highest BCUT2D eigenvalue weighted by atomic mass is 16.2. The Kier molecular flexibility index (Phi) is 2.69. The van der Waals surface area contributed by atoms with Gasteiger partial charge in [0.15, 0.2) is 17.2 Å². The Morgan fingerprint density at radius 2 is 2.05 bits per heavy atom. The molecular formula is C15H14N6O. The molecule has 1 fully saturated rings. The van der Waals surface area contributed by atoms with Crippen LogP contribution in [0.1, 0.15) is 40.6 Å². The summed E-state index contributed by atoms with van der Waals surface area (Å²) >= 11 is 0. The molecule has 3 aromatic heterocycles. The number of hydrogen-bond acceptors (Lipinski definition) is 6. The summed E-state index contributed by atoms with van der Waals surface area (Å²) in [7, 11) is 0. The van der Waals surface area contributed by atoms with Gasteiger partial charge in [0.25, 0.3) is 0 Å². The molecule has 0 spiro atoms. The van der Waals surface area contributed by atoms with Crippen molar-refractivity contribution < 1.29 is 4.79 Å². The molecule has 3 heterocycles. The average Bonchev–Trinajstić information content (AvgIpc) is 3.32. The Bertz CT molecular complexity index is 896. The van der Waals surface area contributed by atoms with Crippen LogP contribution in [0.5, 0.6) is 0 Å². The van der Waals surface area contributed by atoms with Crippen molar-refractivity contribution in [1.29, 1.82) is 0 Å². The summed E-state index contributed by atoms with van der Waals surface area (Å²) in [5.74, 6) is 0.412. The molecule has 0 radical (unpaired) electrons. The van der Waals surface area contributed by atoms with E-state index in [1.807, 2.05) is 12.1 Å². The van der Waals surface area contributed by atoms with E-state index in [0.29, 0.717) is 28.5 Å². The first-order valence-electron chi connectivity index (χ1n) is 7.12. The van der Waals surface area contributed by atoms with Gasteiger partial charge in [-0.1, -0.05) is 0 Å². The lowest BCUT2D eigenvalue weighted by atomic mass is 10.2. The van der Waals surface area contributed by atoms with E-state index >= 15 is 0 Å². The Morgan fingerprint density at radius 1 is 1.27 bits per heavy atom. The summed E-state index contributed by atoms with van der Waals surface area (Å²) in [6.07, 6.45) is 5.31. The highest BCUT2D eigenvalue weighted by molar-refractivity contribution is 6.01. The number of hydrogen-bond donors (Lipinski definition) is 1. The molecule has 1 aliphatic carbocycles. The van der Waals surface area contributed by atoms with E-state index in [9.17, 15) is 4.79 Å². The maximum atomic E-state index is 12.7. The summed E-state index contributed by atoms with van der Waals surface area (Å²) in [4.78, 5) is 25.5. The lowest BCUT2D eigenvalue weighted by Gasteiger charge is -2.04. The predicted octanol–water partition coefficient (Wildman–Crippen LogP) is 1.68. The van der Waals surface area contributed by atoms with Gasteiger partial charge < -0.3 is 5.73 Å². The second-order valence-corrected chi connectivity index (χ2v) is 5.47. The van der Waals surface area contributed by atoms with Crippen molar-refractivity contribution in [2.45, 2.75) is 25.7 Å². The molecule has 0 saturated heterocycles. The zero-order chi connectivity index (χ0) is 15.3. The number of nitrogens with zero attached hydrogens (tertiary/aromatic N) is 5. The average molecular weight is 294 g/mol. The lowest BCUT2D eigenvalue weighted by Crippen LogP contribution is -2.18. The highest BCUT2D eigenvalue weighted by Crippen LogP contribution is 2.39. The molecule has 1 aliphatic rings. The molecule has 0 bridgehead atoms. The minimum atomic E-state index is -0.368. The zero-order valence-electron chi connectivity index (χ0n) is 12.0. The minimum absolute atomic E-state index is 0.255. The second kappa shape index (κ2) is 4.59. The van der Waals surface area contributed by atoms with Gasteiger partial charge in [0.1, 0.15) is 0 Å². The molecule has 2 N–H and O–H groups in total. The fourth-order valence-corrected chi connectivity index (χ4v) is 2.50. The molecule has 0 unspecified atom stereocenters. The third-order valence-electron chi connectivity index (χ3n) is 3.85. The van der Waals surface area contributed by atoms with E-state index in [-0.39, 0.29) is 11.6 Å². The molecular weight excluding hydrogens is 280 g/mol. The molecule has 3 aromatic rings. The standard InChI is InChI=1S/C15H14N6O/c1-8-12(18-7-6-17-8)15(22)21-14-10(13(16)20-21)4-5-11(19-14)9-2-3-9/h4-7,9H,2-3H2,1H3,(H2,16,20). The Labute approximate surface area is 126 Å². The fraction of sp³-hybridized carbons (Fsp3) is 0.267. The number of carbonyl (C=O) groups excluding carboxylic acids is 1. The molecule has 110 valence electrons. The molecule has 0 aliphatic heterocycles. The zero-order valence-corrected chi connectivity index (χ0v) is 12.0. The molecule has 1 saturated carbocycles. The van der Waals surface area contributed by atoms with E-state index in [4.69, 9.17) is 5.73 Å². The molecule has 0 atom stereocenters. The van der Waals surface area contributed by atoms with Gasteiger partial charge in [0.05, 0.1) is 11.1 Å². The van der Waals surface area contributed by atoms with Gasteiger partial charge in [-0.15, -0.1) is 5.10 Å². The summed E-state index contributed by atoms with van der Waals surface area (Å²) in [6.45, 7) is 1.73. The van der Waals surface area contributed by atoms with E-state index in [1.54, 1.807) is 13.1 Å². The van der Waals surface area contributed by atoms with Crippen LogP contribution >= 0.6 is 0 Å². The third-order valence-corrected chi connectivity index (χ3v) is 3.85. The molecule has 0 amide bonds. The number of rotatable bonds is 2. The van der Waals surface area contributed by atoms with E-state index < -0.39 is 0 Å². The van der Waals surface area contributed by atoms with Crippen molar-refractivity contribution in [3.63, 3.8) is 0 Å². The number of aromatic nitrogens is 5. The second-order valence-electron chi connectivity index (χ2n) is 5.47. The maximum absolute atomic E-state index is 12.7. The van der Waals surface area contributed by atoms with Crippen molar-refractivity contribution in [1.82, 2.24) is 24.7 Å².